The largest absolute Gasteiger partial charge is 0.457 e. The summed E-state index contributed by atoms with van der Waals surface area (Å²) >= 11 is 0. The van der Waals surface area contributed by atoms with Crippen LogP contribution in [-0.2, 0) is 4.79 Å². The number of piperidine rings is 1. The van der Waals surface area contributed by atoms with E-state index in [1.165, 1.54) is 6.08 Å². The molecule has 1 aromatic heterocycles. The summed E-state index contributed by atoms with van der Waals surface area (Å²) in [6, 6.07) is 17.3. The first-order valence-corrected chi connectivity index (χ1v) is 11.3. The second kappa shape index (κ2) is 10.2. The zero-order valence-corrected chi connectivity index (χ0v) is 19.4. The van der Waals surface area contributed by atoms with Crippen molar-refractivity contribution in [1.29, 1.82) is 0 Å². The zero-order chi connectivity index (χ0) is 24.1. The van der Waals surface area contributed by atoms with E-state index in [0.29, 0.717) is 35.9 Å². The topological polar surface area (TPSA) is 85.7 Å². The molecule has 0 radical (unpaired) electrons. The molecule has 2 N–H and O–H groups in total. The van der Waals surface area contributed by atoms with Crippen LogP contribution in [0.1, 0.15) is 31.4 Å². The quantitative estimate of drug-likeness (QED) is 0.385. The number of nitrogens with two attached hydrogens (primary N) is 1. The molecule has 1 aliphatic heterocycles. The molecule has 2 heterocycles. The first-order valence-electron chi connectivity index (χ1n) is 11.3. The third-order valence-corrected chi connectivity index (χ3v) is 5.79. The van der Waals surface area contributed by atoms with E-state index in [2.05, 4.69) is 18.2 Å². The maximum absolute atomic E-state index is 12.2. The van der Waals surface area contributed by atoms with Crippen molar-refractivity contribution in [2.75, 3.05) is 13.1 Å². The number of carbonyl (C=O) groups is 1. The van der Waals surface area contributed by atoms with Gasteiger partial charge in [-0.2, -0.15) is 5.10 Å². The molecule has 0 spiro atoms. The van der Waals surface area contributed by atoms with Crippen LogP contribution in [0.5, 0.6) is 11.5 Å². The second-order valence-corrected chi connectivity index (χ2v) is 8.13. The van der Waals surface area contributed by atoms with Crippen molar-refractivity contribution in [2.45, 2.75) is 25.8 Å². The molecule has 1 atom stereocenters. The van der Waals surface area contributed by atoms with Crippen LogP contribution in [0.15, 0.2) is 78.8 Å². The van der Waals surface area contributed by atoms with Gasteiger partial charge in [0.2, 0.25) is 5.91 Å². The van der Waals surface area contributed by atoms with Crippen LogP contribution in [0.2, 0.25) is 0 Å². The fourth-order valence-corrected chi connectivity index (χ4v) is 4.21. The number of nitrogens with zero attached hydrogens (tertiary/aromatic N) is 4. The summed E-state index contributed by atoms with van der Waals surface area (Å²) in [6.45, 7) is 10.7. The number of likely N-dealkylation sites (tertiary alicyclic amines) is 1. The van der Waals surface area contributed by atoms with Crippen LogP contribution in [0.3, 0.4) is 0 Å². The molecular formula is C27H29N5O2. The number of para-hydroxylation sites is 1. The molecule has 1 aliphatic rings. The zero-order valence-electron chi connectivity index (χ0n) is 19.4. The van der Waals surface area contributed by atoms with E-state index in [-0.39, 0.29) is 11.9 Å². The summed E-state index contributed by atoms with van der Waals surface area (Å²) in [5, 5.41) is 4.93. The molecule has 0 aliphatic carbocycles. The van der Waals surface area contributed by atoms with Gasteiger partial charge in [-0.25, -0.2) is 9.67 Å². The number of aromatic nitrogens is 2. The van der Waals surface area contributed by atoms with Crippen molar-refractivity contribution in [3.05, 3.63) is 79.4 Å². The predicted molar refractivity (Wildman–Crippen MR) is 136 cm³/mol. The molecular weight excluding hydrogens is 426 g/mol. The highest BCUT2D eigenvalue weighted by molar-refractivity contribution is 5.87. The predicted octanol–water partition coefficient (Wildman–Crippen LogP) is 5.34. The second-order valence-electron chi connectivity index (χ2n) is 8.13. The monoisotopic (exact) mass is 455 g/mol. The van der Waals surface area contributed by atoms with E-state index in [1.807, 2.05) is 66.2 Å². The lowest BCUT2D eigenvalue weighted by Gasteiger charge is -2.32. The highest BCUT2D eigenvalue weighted by atomic mass is 16.5. The normalized spacial score (nSPS) is 15.9. The minimum absolute atomic E-state index is 0.0242. The van der Waals surface area contributed by atoms with Gasteiger partial charge in [-0.15, -0.1) is 0 Å². The highest BCUT2D eigenvalue weighted by Crippen LogP contribution is 2.38. The minimum Gasteiger partial charge on any atom is -0.457 e. The summed E-state index contributed by atoms with van der Waals surface area (Å²) in [6.07, 6.45) is 4.83. The number of hydrogen-bond donors (Lipinski definition) is 1. The van der Waals surface area contributed by atoms with Gasteiger partial charge in [0.05, 0.1) is 11.6 Å². The molecule has 0 unspecified atom stereocenters. The average Bonchev–Trinajstić information content (AvgIpc) is 3.24. The molecule has 7 heteroatoms. The number of rotatable bonds is 7. The lowest BCUT2D eigenvalue weighted by molar-refractivity contribution is -0.127. The van der Waals surface area contributed by atoms with Crippen LogP contribution < -0.4 is 10.5 Å². The third kappa shape index (κ3) is 4.78. The number of amides is 1. The minimum atomic E-state index is -0.0740. The lowest BCUT2D eigenvalue weighted by atomic mass is 10.0. The van der Waals surface area contributed by atoms with Gasteiger partial charge in [0.15, 0.2) is 5.82 Å². The van der Waals surface area contributed by atoms with Gasteiger partial charge >= 0.3 is 0 Å². The van der Waals surface area contributed by atoms with Gasteiger partial charge in [0.1, 0.15) is 17.2 Å². The maximum Gasteiger partial charge on any atom is 0.246 e. The van der Waals surface area contributed by atoms with Crippen molar-refractivity contribution in [3.63, 3.8) is 0 Å². The molecule has 1 fully saturated rings. The molecule has 0 saturated carbocycles. The average molecular weight is 456 g/mol. The maximum atomic E-state index is 12.2. The fraction of sp³-hybridized carbons (Fsp3) is 0.222. The Balaban J connectivity index is 1.71. The van der Waals surface area contributed by atoms with Gasteiger partial charge in [-0.05, 0) is 62.2 Å². The van der Waals surface area contributed by atoms with Gasteiger partial charge in [-0.3, -0.25) is 4.79 Å². The summed E-state index contributed by atoms with van der Waals surface area (Å²) in [7, 11) is 0. The fourth-order valence-electron chi connectivity index (χ4n) is 4.21. The highest BCUT2D eigenvalue weighted by Gasteiger charge is 2.29. The van der Waals surface area contributed by atoms with Gasteiger partial charge in [0.25, 0.3) is 0 Å². The van der Waals surface area contributed by atoms with Crippen LogP contribution in [0, 0.1) is 0 Å². The van der Waals surface area contributed by atoms with Crippen LogP contribution in [0.4, 0.5) is 5.82 Å². The van der Waals surface area contributed by atoms with Crippen molar-refractivity contribution < 1.29 is 9.53 Å². The van der Waals surface area contributed by atoms with Crippen molar-refractivity contribution in [1.82, 2.24) is 14.7 Å². The summed E-state index contributed by atoms with van der Waals surface area (Å²) in [5.41, 5.74) is 8.90. The molecule has 174 valence electrons. The SMILES string of the molecule is C=CC(=O)N1CCC[C@@H](n2nc(-c3ccc(Oc4ccccc4)cc3)c(C(=C)N)c2/N=C\C)C1. The Morgan fingerprint density at radius 2 is 1.88 bits per heavy atom. The lowest BCUT2D eigenvalue weighted by Crippen LogP contribution is -2.40. The Kier molecular flexibility index (Phi) is 6.92. The van der Waals surface area contributed by atoms with Crippen LogP contribution >= 0.6 is 0 Å². The van der Waals surface area contributed by atoms with E-state index in [4.69, 9.17) is 15.6 Å². The Morgan fingerprint density at radius 1 is 1.18 bits per heavy atom. The van der Waals surface area contributed by atoms with Crippen molar-refractivity contribution >= 4 is 23.6 Å². The Bertz CT molecular complexity index is 1210. The van der Waals surface area contributed by atoms with E-state index in [9.17, 15) is 4.79 Å². The Labute approximate surface area is 199 Å². The molecule has 7 nitrogen and oxygen atoms in total. The molecule has 0 bridgehead atoms. The number of benzene rings is 2. The summed E-state index contributed by atoms with van der Waals surface area (Å²) in [5.74, 6) is 2.06. The first-order chi connectivity index (χ1) is 16.5. The molecule has 1 amide bonds. The Hall–Kier alpha value is -4.13. The van der Waals surface area contributed by atoms with Gasteiger partial charge in [0, 0.05) is 30.6 Å². The summed E-state index contributed by atoms with van der Waals surface area (Å²) < 4.78 is 7.81. The number of carbonyl (C=O) groups excluding carboxylic acids is 1. The van der Waals surface area contributed by atoms with Crippen LogP contribution in [0.25, 0.3) is 17.0 Å². The smallest absolute Gasteiger partial charge is 0.246 e. The first kappa shape index (κ1) is 23.0. The van der Waals surface area contributed by atoms with E-state index >= 15 is 0 Å². The summed E-state index contributed by atoms with van der Waals surface area (Å²) in [4.78, 5) is 18.6. The van der Waals surface area contributed by atoms with Crippen LogP contribution in [-0.4, -0.2) is 39.9 Å². The van der Waals surface area contributed by atoms with E-state index in [0.717, 1.165) is 29.9 Å². The number of aliphatic imine (C=N–C) groups is 1. The third-order valence-electron chi connectivity index (χ3n) is 5.79. The van der Waals surface area contributed by atoms with E-state index in [1.54, 1.807) is 11.1 Å². The van der Waals surface area contributed by atoms with E-state index < -0.39 is 0 Å². The molecule has 3 aromatic rings. The molecule has 2 aromatic carbocycles. The van der Waals surface area contributed by atoms with Gasteiger partial charge < -0.3 is 15.4 Å². The Morgan fingerprint density at radius 3 is 2.53 bits per heavy atom. The standard InChI is InChI=1S/C27H29N5O2/c1-4-24(33)31-17-9-10-21(18-31)32-27(29-5-2)25(19(3)28)26(30-32)20-13-15-23(16-14-20)34-22-11-7-6-8-12-22/h4-8,11-16,21H,1,3,9-10,17-18,28H2,2H3/b29-5-/t21-/m1/s1. The van der Waals surface area contributed by atoms with Crippen molar-refractivity contribution in [3.8, 4) is 22.8 Å². The molecule has 4 rings (SSSR count). The number of hydrogen-bond acceptors (Lipinski definition) is 5. The van der Waals surface area contributed by atoms with Crippen molar-refractivity contribution in [2.24, 2.45) is 10.7 Å². The molecule has 34 heavy (non-hydrogen) atoms. The number of ether oxygens (including phenoxy) is 1. The van der Waals surface area contributed by atoms with Gasteiger partial charge in [-0.1, -0.05) is 31.4 Å². The molecule has 1 saturated heterocycles.